The fraction of sp³-hybridized carbons (Fsp3) is 0.533. The van der Waals surface area contributed by atoms with Crippen LogP contribution in [0.5, 0.6) is 0 Å². The van der Waals surface area contributed by atoms with Crippen LogP contribution in [0.3, 0.4) is 0 Å². The van der Waals surface area contributed by atoms with E-state index in [9.17, 15) is 5.26 Å². The molecule has 4 aromatic rings. The Bertz CT molecular complexity index is 1750. The van der Waals surface area contributed by atoms with Gasteiger partial charge in [-0.25, -0.2) is 0 Å². The van der Waals surface area contributed by atoms with Gasteiger partial charge >= 0.3 is 29.6 Å². The topological polar surface area (TPSA) is 318 Å². The van der Waals surface area contributed by atoms with Crippen molar-refractivity contribution in [2.45, 2.75) is 105 Å². The van der Waals surface area contributed by atoms with E-state index in [4.69, 9.17) is 32.6 Å². The van der Waals surface area contributed by atoms with E-state index in [2.05, 4.69) is 77.9 Å². The zero-order valence-electron chi connectivity index (χ0n) is 30.7. The number of nitrogens with one attached hydrogen (secondary N) is 4. The molecule has 0 radical (unpaired) electrons. The molecule has 0 aliphatic rings. The first-order valence-electron chi connectivity index (χ1n) is 14.7. The van der Waals surface area contributed by atoms with Crippen molar-refractivity contribution in [3.05, 3.63) is 50.1 Å². The van der Waals surface area contributed by atoms with Gasteiger partial charge in [-0.1, -0.05) is 83.1 Å². The van der Waals surface area contributed by atoms with Crippen LogP contribution in [0.4, 0.5) is 29.0 Å². The number of nitriles is 2. The van der Waals surface area contributed by atoms with Crippen LogP contribution in [0.25, 0.3) is 0 Å². The van der Waals surface area contributed by atoms with Crippen molar-refractivity contribution in [3.63, 3.8) is 0 Å². The maximum Gasteiger partial charge on any atom is 1.00 e. The molecule has 0 aliphatic heterocycles. The van der Waals surface area contributed by atoms with Crippen LogP contribution in [0.1, 0.15) is 117 Å². The van der Waals surface area contributed by atoms with Crippen LogP contribution in [0.15, 0.2) is 21.6 Å². The van der Waals surface area contributed by atoms with Gasteiger partial charge in [0.2, 0.25) is 5.82 Å². The fourth-order valence-corrected chi connectivity index (χ4v) is 3.86. The molecule has 0 saturated carbocycles. The van der Waals surface area contributed by atoms with Crippen LogP contribution < -0.4 is 46.8 Å². The summed E-state index contributed by atoms with van der Waals surface area (Å²) in [5, 5.41) is 62.5. The molecule has 0 amide bonds. The van der Waals surface area contributed by atoms with E-state index < -0.39 is 0 Å². The number of aromatic nitrogens is 8. The number of hydrogen-bond donors (Lipinski definition) is 7. The third-order valence-corrected chi connectivity index (χ3v) is 6.43. The van der Waals surface area contributed by atoms with Gasteiger partial charge in [0.1, 0.15) is 29.1 Å². The van der Waals surface area contributed by atoms with Crippen molar-refractivity contribution in [2.24, 2.45) is 15.6 Å². The largest absolute Gasteiger partial charge is 1.00 e. The molecular formula is C30H47N16NaO2. The van der Waals surface area contributed by atoms with E-state index in [0.29, 0.717) is 22.6 Å². The Hall–Kier alpha value is -4.78. The maximum atomic E-state index is 9.39. The van der Waals surface area contributed by atoms with Gasteiger partial charge in [0, 0.05) is 33.4 Å². The average Bonchev–Trinajstić information content (AvgIpc) is 3.73. The summed E-state index contributed by atoms with van der Waals surface area (Å²) >= 11 is 0. The number of hydrogen-bond acceptors (Lipinski definition) is 14. The smallest absolute Gasteiger partial charge is 0.444 e. The first kappa shape index (κ1) is 44.2. The third kappa shape index (κ3) is 12.6. The Morgan fingerprint density at radius 1 is 0.653 bits per heavy atom. The molecule has 0 atom stereocenters. The van der Waals surface area contributed by atoms with E-state index in [1.54, 1.807) is 0 Å². The number of rotatable bonds is 2. The minimum absolute atomic E-state index is 0. The second kappa shape index (κ2) is 17.6. The van der Waals surface area contributed by atoms with E-state index >= 15 is 0 Å². The number of anilines is 3. The van der Waals surface area contributed by atoms with Crippen LogP contribution in [0, 0.1) is 32.8 Å². The van der Waals surface area contributed by atoms with Gasteiger partial charge in [0.15, 0.2) is 17.3 Å². The van der Waals surface area contributed by atoms with Crippen molar-refractivity contribution >= 4 is 29.0 Å². The Morgan fingerprint density at radius 3 is 1.45 bits per heavy atom. The predicted octanol–water partition coefficient (Wildman–Crippen LogP) is 3.30. The van der Waals surface area contributed by atoms with Gasteiger partial charge in [-0.2, -0.15) is 30.9 Å². The molecule has 0 unspecified atom stereocenters. The number of nitrogens with two attached hydrogens (primary N) is 3. The molecule has 4 heterocycles. The van der Waals surface area contributed by atoms with Crippen molar-refractivity contribution in [1.82, 2.24) is 40.8 Å². The van der Waals surface area contributed by atoms with Gasteiger partial charge in [-0.3, -0.25) is 20.4 Å². The van der Waals surface area contributed by atoms with E-state index in [1.165, 1.54) is 0 Å². The first-order valence-corrected chi connectivity index (χ1v) is 14.7. The number of aromatic amines is 4. The normalized spacial score (nSPS) is 11.4. The summed E-state index contributed by atoms with van der Waals surface area (Å²) in [4.78, 5) is 8.00. The Labute approximate surface area is 308 Å². The van der Waals surface area contributed by atoms with E-state index in [-0.39, 0.29) is 68.7 Å². The number of nitrogens with zero attached hydrogens (tertiary/aromatic N) is 9. The summed E-state index contributed by atoms with van der Waals surface area (Å²) in [6, 6.07) is 6.03. The Kier molecular flexibility index (Phi) is 15.9. The van der Waals surface area contributed by atoms with Gasteiger partial charge in [-0.15, -0.1) is 15.6 Å². The van der Waals surface area contributed by atoms with Crippen molar-refractivity contribution in [2.75, 3.05) is 17.2 Å². The van der Waals surface area contributed by atoms with Crippen LogP contribution in [-0.2, 0) is 21.7 Å². The zero-order chi connectivity index (χ0) is 37.3. The van der Waals surface area contributed by atoms with Gasteiger partial charge < -0.3 is 27.3 Å². The minimum atomic E-state index is -0.239. The number of H-pyrrole nitrogens is 4. The van der Waals surface area contributed by atoms with E-state index in [1.807, 2.05) is 74.4 Å². The van der Waals surface area contributed by atoms with Crippen LogP contribution >= 0.6 is 0 Å². The quantitative estimate of drug-likeness (QED) is 0.0694. The molecule has 0 spiro atoms. The third-order valence-electron chi connectivity index (χ3n) is 6.43. The van der Waals surface area contributed by atoms with Crippen molar-refractivity contribution in [1.29, 1.82) is 10.5 Å². The summed E-state index contributed by atoms with van der Waals surface area (Å²) in [6.07, 6.45) is 0. The molecule has 0 bridgehead atoms. The second-order valence-corrected chi connectivity index (χ2v) is 14.7. The first-order chi connectivity index (χ1) is 21.9. The second-order valence-electron chi connectivity index (χ2n) is 14.7. The molecule has 0 aliphatic carbocycles. The van der Waals surface area contributed by atoms with Crippen molar-refractivity contribution in [3.8, 4) is 12.1 Å². The molecule has 4 aromatic heterocycles. The molecule has 260 valence electrons. The molecule has 0 aromatic carbocycles. The molecule has 49 heavy (non-hydrogen) atoms. The summed E-state index contributed by atoms with van der Waals surface area (Å²) in [7, 11) is 0. The molecule has 19 heteroatoms. The summed E-state index contributed by atoms with van der Waals surface area (Å²) in [6.45, 7) is 24.4. The van der Waals surface area contributed by atoms with Gasteiger partial charge in [0.25, 0.3) is 0 Å². The Balaban J connectivity index is 0.000000743. The SMILES string of the molecule is CC(C)(C)c1[nH]nc(N)c1C#N.CC(C)(C)c1[nH]nc(N=Nc2c(N)n[nH]c2C(C)(C)C)c1C#N.CC(C)(C)c1cc(N)n[nH]1.O=N[O-].[Na+]. The Morgan fingerprint density at radius 2 is 1.08 bits per heavy atom. The summed E-state index contributed by atoms with van der Waals surface area (Å²) in [5.74, 6) is 1.36. The minimum Gasteiger partial charge on any atom is -0.444 e. The summed E-state index contributed by atoms with van der Waals surface area (Å²) in [5.41, 5.74) is 21.0. The van der Waals surface area contributed by atoms with Gasteiger partial charge in [0.05, 0.1) is 17.1 Å². The predicted molar refractivity (Wildman–Crippen MR) is 185 cm³/mol. The monoisotopic (exact) mass is 686 g/mol. The number of azo groups is 1. The summed E-state index contributed by atoms with van der Waals surface area (Å²) < 4.78 is 0. The number of nitrogen functional groups attached to an aromatic ring is 3. The molecule has 10 N–H and O–H groups in total. The zero-order valence-corrected chi connectivity index (χ0v) is 32.7. The van der Waals surface area contributed by atoms with E-state index in [0.717, 1.165) is 28.1 Å². The molecular weight excluding hydrogens is 639 g/mol. The molecule has 18 nitrogen and oxygen atoms in total. The van der Waals surface area contributed by atoms with Gasteiger partial charge in [-0.05, 0) is 0 Å². The molecule has 0 fully saturated rings. The molecule has 0 saturated heterocycles. The standard InChI is InChI=1S/C15H22N8.C8H12N4.C7H13N3.HNO2.Na/c1-14(2,3)10-8(7-16)13(23-19-10)22-18-9-11(15(4,5)6)20-21-12(9)17;1-8(2,3)6-5(4-9)7(10)12-11-6;1-7(2,3)5-4-6(8)10-9-5;2-1-3;/h1-6H3,(H,19,23)(H3,17,20,21);1-3H3,(H3,10,11,12);4H,1-3H3,(H3,8,9,10);(H,2,3);/q;;;;+1/p-1. The molecule has 4 rings (SSSR count). The van der Waals surface area contributed by atoms with Crippen LogP contribution in [-0.4, -0.2) is 40.8 Å². The van der Waals surface area contributed by atoms with Crippen LogP contribution in [0.2, 0.25) is 0 Å². The maximum absolute atomic E-state index is 9.39. The average molecular weight is 687 g/mol. The van der Waals surface area contributed by atoms with Crippen molar-refractivity contribution < 1.29 is 29.6 Å². The fourth-order valence-electron chi connectivity index (χ4n) is 3.86.